The summed E-state index contributed by atoms with van der Waals surface area (Å²) in [4.78, 5) is 2.53. The Balaban J connectivity index is 2.38. The average Bonchev–Trinajstić information content (AvgIpc) is 2.36. The Morgan fingerprint density at radius 3 is 1.95 bits per heavy atom. The molecule has 0 bridgehead atoms. The average molecular weight is 276 g/mol. The monoisotopic (exact) mass is 276 g/mol. The molecule has 0 aliphatic heterocycles. The van der Waals surface area contributed by atoms with Crippen molar-refractivity contribution in [3.05, 3.63) is 35.9 Å². The molecule has 0 fully saturated rings. The minimum atomic E-state index is 0.271. The predicted molar refractivity (Wildman–Crippen MR) is 88.9 cm³/mol. The van der Waals surface area contributed by atoms with E-state index in [9.17, 15) is 0 Å². The zero-order valence-electron chi connectivity index (χ0n) is 13.7. The maximum absolute atomic E-state index is 6.33. The number of aryl methyl sites for hydroxylation is 1. The Hall–Kier alpha value is -0.860. The molecule has 0 aliphatic rings. The van der Waals surface area contributed by atoms with Crippen LogP contribution in [0.4, 0.5) is 0 Å². The fourth-order valence-corrected chi connectivity index (χ4v) is 2.68. The van der Waals surface area contributed by atoms with Crippen molar-refractivity contribution in [1.29, 1.82) is 0 Å². The maximum Gasteiger partial charge on any atom is 0.0170 e. The van der Waals surface area contributed by atoms with Crippen molar-refractivity contribution in [3.8, 4) is 0 Å². The number of nitrogens with zero attached hydrogens (tertiary/aromatic N) is 1. The summed E-state index contributed by atoms with van der Waals surface area (Å²) in [5.74, 6) is 1.41. The van der Waals surface area contributed by atoms with Gasteiger partial charge in [0.05, 0.1) is 0 Å². The Morgan fingerprint density at radius 1 is 0.900 bits per heavy atom. The van der Waals surface area contributed by atoms with Gasteiger partial charge in [0.2, 0.25) is 0 Å². The van der Waals surface area contributed by atoms with Gasteiger partial charge in [0.15, 0.2) is 0 Å². The second kappa shape index (κ2) is 9.15. The largest absolute Gasteiger partial charge is 0.327 e. The molecule has 1 aromatic rings. The molecule has 1 unspecified atom stereocenters. The summed E-state index contributed by atoms with van der Waals surface area (Å²) in [6.07, 6.45) is 2.15. The highest BCUT2D eigenvalue weighted by Gasteiger charge is 2.13. The van der Waals surface area contributed by atoms with Crippen LogP contribution in [0.1, 0.15) is 39.7 Å². The van der Waals surface area contributed by atoms with Gasteiger partial charge in [-0.1, -0.05) is 58.0 Å². The van der Waals surface area contributed by atoms with Crippen molar-refractivity contribution >= 4 is 0 Å². The Labute approximate surface area is 125 Å². The maximum atomic E-state index is 6.33. The summed E-state index contributed by atoms with van der Waals surface area (Å²) in [7, 11) is 0. The second-order valence-electron chi connectivity index (χ2n) is 6.79. The van der Waals surface area contributed by atoms with Crippen molar-refractivity contribution in [3.63, 3.8) is 0 Å². The van der Waals surface area contributed by atoms with E-state index in [2.05, 4.69) is 62.9 Å². The predicted octanol–water partition coefficient (Wildman–Crippen LogP) is 3.56. The highest BCUT2D eigenvalue weighted by molar-refractivity contribution is 5.14. The van der Waals surface area contributed by atoms with Crippen LogP contribution in [0, 0.1) is 11.8 Å². The SMILES string of the molecule is CC(C)CN(CC(C)C)CC(N)CCc1ccccc1. The highest BCUT2D eigenvalue weighted by atomic mass is 15.1. The number of hydrogen-bond donors (Lipinski definition) is 1. The lowest BCUT2D eigenvalue weighted by atomic mass is 10.0. The molecule has 0 heterocycles. The van der Waals surface area contributed by atoms with E-state index in [1.807, 2.05) is 0 Å². The molecule has 1 atom stereocenters. The van der Waals surface area contributed by atoms with Crippen LogP contribution < -0.4 is 5.73 Å². The highest BCUT2D eigenvalue weighted by Crippen LogP contribution is 2.08. The lowest BCUT2D eigenvalue weighted by Gasteiger charge is -2.28. The third-order valence-corrected chi connectivity index (χ3v) is 3.39. The molecule has 0 saturated carbocycles. The molecule has 1 rings (SSSR count). The molecule has 20 heavy (non-hydrogen) atoms. The van der Waals surface area contributed by atoms with Crippen LogP contribution in [0.3, 0.4) is 0 Å². The quantitative estimate of drug-likeness (QED) is 0.747. The molecule has 0 saturated heterocycles. The van der Waals surface area contributed by atoms with Gasteiger partial charge in [-0.25, -0.2) is 0 Å². The molecule has 114 valence electrons. The topological polar surface area (TPSA) is 29.3 Å². The number of hydrogen-bond acceptors (Lipinski definition) is 2. The van der Waals surface area contributed by atoms with Gasteiger partial charge < -0.3 is 10.6 Å². The van der Waals surface area contributed by atoms with Gasteiger partial charge in [-0.3, -0.25) is 0 Å². The second-order valence-corrected chi connectivity index (χ2v) is 6.79. The fraction of sp³-hybridized carbons (Fsp3) is 0.667. The molecule has 0 aromatic heterocycles. The molecule has 0 aliphatic carbocycles. The van der Waals surface area contributed by atoms with Crippen LogP contribution in [-0.2, 0) is 6.42 Å². The van der Waals surface area contributed by atoms with Crippen molar-refractivity contribution in [2.45, 2.75) is 46.6 Å². The van der Waals surface area contributed by atoms with E-state index in [1.165, 1.54) is 5.56 Å². The molecule has 0 radical (unpaired) electrons. The smallest absolute Gasteiger partial charge is 0.0170 e. The Kier molecular flexibility index (Phi) is 7.86. The van der Waals surface area contributed by atoms with Gasteiger partial charge in [0, 0.05) is 25.7 Å². The molecule has 0 amide bonds. The number of benzene rings is 1. The van der Waals surface area contributed by atoms with Crippen molar-refractivity contribution in [1.82, 2.24) is 4.90 Å². The van der Waals surface area contributed by atoms with E-state index in [0.29, 0.717) is 11.8 Å². The molecule has 2 nitrogen and oxygen atoms in total. The number of nitrogens with two attached hydrogens (primary N) is 1. The minimum Gasteiger partial charge on any atom is -0.327 e. The third kappa shape index (κ3) is 7.66. The van der Waals surface area contributed by atoms with Gasteiger partial charge >= 0.3 is 0 Å². The van der Waals surface area contributed by atoms with E-state index in [4.69, 9.17) is 5.73 Å². The van der Waals surface area contributed by atoms with Crippen LogP contribution in [0.25, 0.3) is 0 Å². The standard InChI is InChI=1S/C18H32N2/c1-15(2)12-20(13-16(3)4)14-18(19)11-10-17-8-6-5-7-9-17/h5-9,15-16,18H,10-14,19H2,1-4H3. The van der Waals surface area contributed by atoms with E-state index < -0.39 is 0 Å². The molecule has 1 aromatic carbocycles. The van der Waals surface area contributed by atoms with E-state index in [1.54, 1.807) is 0 Å². The summed E-state index contributed by atoms with van der Waals surface area (Å²) in [6, 6.07) is 10.9. The first-order valence-corrected chi connectivity index (χ1v) is 7.99. The summed E-state index contributed by atoms with van der Waals surface area (Å²) >= 11 is 0. The zero-order valence-corrected chi connectivity index (χ0v) is 13.7. The lowest BCUT2D eigenvalue weighted by molar-refractivity contribution is 0.204. The molecule has 0 spiro atoms. The van der Waals surface area contributed by atoms with Gasteiger partial charge in [0.25, 0.3) is 0 Å². The Morgan fingerprint density at radius 2 is 1.45 bits per heavy atom. The van der Waals surface area contributed by atoms with Crippen LogP contribution >= 0.6 is 0 Å². The number of rotatable bonds is 9. The Bertz CT molecular complexity index is 336. The minimum absolute atomic E-state index is 0.271. The summed E-state index contributed by atoms with van der Waals surface area (Å²) in [5.41, 5.74) is 7.72. The van der Waals surface area contributed by atoms with Gasteiger partial charge in [-0.05, 0) is 30.2 Å². The van der Waals surface area contributed by atoms with Crippen LogP contribution in [0.2, 0.25) is 0 Å². The third-order valence-electron chi connectivity index (χ3n) is 3.39. The molecular weight excluding hydrogens is 244 g/mol. The normalized spacial score (nSPS) is 13.4. The molecule has 2 N–H and O–H groups in total. The van der Waals surface area contributed by atoms with Crippen LogP contribution in [-0.4, -0.2) is 30.6 Å². The van der Waals surface area contributed by atoms with E-state index in [0.717, 1.165) is 32.5 Å². The van der Waals surface area contributed by atoms with Crippen LogP contribution in [0.5, 0.6) is 0 Å². The van der Waals surface area contributed by atoms with E-state index in [-0.39, 0.29) is 6.04 Å². The summed E-state index contributed by atoms with van der Waals surface area (Å²) < 4.78 is 0. The van der Waals surface area contributed by atoms with Gasteiger partial charge in [0.1, 0.15) is 0 Å². The molecule has 2 heteroatoms. The summed E-state index contributed by atoms with van der Waals surface area (Å²) in [5, 5.41) is 0. The fourth-order valence-electron chi connectivity index (χ4n) is 2.68. The summed E-state index contributed by atoms with van der Waals surface area (Å²) in [6.45, 7) is 12.4. The first-order chi connectivity index (χ1) is 9.47. The first-order valence-electron chi connectivity index (χ1n) is 7.99. The first kappa shape index (κ1) is 17.2. The lowest BCUT2D eigenvalue weighted by Crippen LogP contribution is -2.41. The zero-order chi connectivity index (χ0) is 15.0. The van der Waals surface area contributed by atoms with Crippen LogP contribution in [0.15, 0.2) is 30.3 Å². The van der Waals surface area contributed by atoms with Gasteiger partial charge in [-0.2, -0.15) is 0 Å². The van der Waals surface area contributed by atoms with Gasteiger partial charge in [-0.15, -0.1) is 0 Å². The van der Waals surface area contributed by atoms with Crippen molar-refractivity contribution < 1.29 is 0 Å². The van der Waals surface area contributed by atoms with Crippen molar-refractivity contribution in [2.24, 2.45) is 17.6 Å². The van der Waals surface area contributed by atoms with E-state index >= 15 is 0 Å². The molecular formula is C18H32N2. The van der Waals surface area contributed by atoms with Crippen molar-refractivity contribution in [2.75, 3.05) is 19.6 Å².